The summed E-state index contributed by atoms with van der Waals surface area (Å²) in [5, 5.41) is 0. The Morgan fingerprint density at radius 3 is 1.11 bits per heavy atom. The van der Waals surface area contributed by atoms with Gasteiger partial charge in [-0.15, -0.1) is 0 Å². The Bertz CT molecular complexity index is 1480. The van der Waals surface area contributed by atoms with Crippen molar-refractivity contribution < 1.29 is 37.6 Å². The molecule has 74 heavy (non-hydrogen) atoms. The van der Waals surface area contributed by atoms with Crippen molar-refractivity contribution in [2.75, 3.05) is 26.4 Å². The molecule has 0 aliphatic carbocycles. The first-order valence-corrected chi connectivity index (χ1v) is 32.1. The molecule has 3 N–H and O–H groups in total. The SMILES string of the molecule is CC/C=C\C/C=C\C/C=C\C/C=C\C/C=C\CCCCCCCCCCCCCCCCCCCCCCCC(=O)OC(COC(=O)CCCCCCC/C=C\C/C=C\CCCCCC)COP(=O)(O)OCCN. The van der Waals surface area contributed by atoms with Gasteiger partial charge in [-0.25, -0.2) is 4.57 Å². The van der Waals surface area contributed by atoms with E-state index in [2.05, 4.69) is 98.9 Å². The summed E-state index contributed by atoms with van der Waals surface area (Å²) < 4.78 is 33.0. The van der Waals surface area contributed by atoms with Gasteiger partial charge in [-0.1, -0.05) is 259 Å². The Kier molecular flexibility index (Phi) is 57.2. The average molecular weight is 1060 g/mol. The topological polar surface area (TPSA) is 134 Å². The van der Waals surface area contributed by atoms with E-state index in [-0.39, 0.29) is 32.6 Å². The Labute approximate surface area is 455 Å². The monoisotopic (exact) mass is 1060 g/mol. The highest BCUT2D eigenvalue weighted by molar-refractivity contribution is 7.47. The lowest BCUT2D eigenvalue weighted by Gasteiger charge is -2.19. The van der Waals surface area contributed by atoms with Crippen molar-refractivity contribution in [1.82, 2.24) is 0 Å². The van der Waals surface area contributed by atoms with Crippen molar-refractivity contribution in [1.29, 1.82) is 0 Å². The number of unbranched alkanes of at least 4 members (excludes halogenated alkanes) is 30. The molecular weight excluding hydrogens is 942 g/mol. The Morgan fingerprint density at radius 1 is 0.419 bits per heavy atom. The lowest BCUT2D eigenvalue weighted by atomic mass is 10.0. The van der Waals surface area contributed by atoms with E-state index in [0.717, 1.165) is 89.9 Å². The van der Waals surface area contributed by atoms with Crippen molar-refractivity contribution in [3.63, 3.8) is 0 Å². The molecular formula is C64H114NO8P. The zero-order valence-electron chi connectivity index (χ0n) is 47.8. The Hall–Kier alpha value is -2.81. The number of phosphoric ester groups is 1. The lowest BCUT2D eigenvalue weighted by molar-refractivity contribution is -0.161. The van der Waals surface area contributed by atoms with Crippen LogP contribution in [0.1, 0.15) is 277 Å². The number of hydrogen-bond acceptors (Lipinski definition) is 8. The van der Waals surface area contributed by atoms with Crippen LogP contribution in [0, 0.1) is 0 Å². The molecule has 0 spiro atoms. The summed E-state index contributed by atoms with van der Waals surface area (Å²) in [6.07, 6.45) is 78.0. The van der Waals surface area contributed by atoms with E-state index in [1.54, 1.807) is 0 Å². The third kappa shape index (κ3) is 58.5. The van der Waals surface area contributed by atoms with Crippen LogP contribution in [-0.4, -0.2) is 49.3 Å². The van der Waals surface area contributed by atoms with E-state index < -0.39 is 32.5 Å². The fourth-order valence-electron chi connectivity index (χ4n) is 8.52. The van der Waals surface area contributed by atoms with Gasteiger partial charge in [-0.05, 0) is 89.9 Å². The van der Waals surface area contributed by atoms with Crippen LogP contribution in [0.2, 0.25) is 0 Å². The predicted octanol–water partition coefficient (Wildman–Crippen LogP) is 19.5. The van der Waals surface area contributed by atoms with Crippen LogP contribution in [-0.2, 0) is 32.7 Å². The fraction of sp³-hybridized carbons (Fsp3) is 0.750. The molecule has 0 amide bonds. The third-order valence-corrected chi connectivity index (χ3v) is 14.0. The van der Waals surface area contributed by atoms with Crippen LogP contribution in [0.5, 0.6) is 0 Å². The molecule has 0 fully saturated rings. The van der Waals surface area contributed by atoms with Crippen LogP contribution < -0.4 is 5.73 Å². The maximum atomic E-state index is 12.7. The summed E-state index contributed by atoms with van der Waals surface area (Å²) in [6.45, 7) is 3.62. The van der Waals surface area contributed by atoms with E-state index in [4.69, 9.17) is 24.3 Å². The van der Waals surface area contributed by atoms with Gasteiger partial charge < -0.3 is 20.1 Å². The molecule has 0 aromatic heterocycles. The smallest absolute Gasteiger partial charge is 0.462 e. The van der Waals surface area contributed by atoms with E-state index in [1.165, 1.54) is 148 Å². The molecule has 0 aromatic carbocycles. The molecule has 0 radical (unpaired) electrons. The third-order valence-electron chi connectivity index (χ3n) is 13.0. The van der Waals surface area contributed by atoms with Crippen molar-refractivity contribution in [3.05, 3.63) is 85.1 Å². The summed E-state index contributed by atoms with van der Waals surface area (Å²) in [7, 11) is -4.39. The molecule has 0 saturated heterocycles. The first kappa shape index (κ1) is 71.2. The van der Waals surface area contributed by atoms with E-state index in [9.17, 15) is 19.0 Å². The molecule has 9 nitrogen and oxygen atoms in total. The highest BCUT2D eigenvalue weighted by Gasteiger charge is 2.26. The molecule has 428 valence electrons. The van der Waals surface area contributed by atoms with Gasteiger partial charge in [0.05, 0.1) is 13.2 Å². The largest absolute Gasteiger partial charge is 0.472 e. The van der Waals surface area contributed by atoms with Gasteiger partial charge in [-0.2, -0.15) is 0 Å². The summed E-state index contributed by atoms with van der Waals surface area (Å²) in [4.78, 5) is 35.2. The second-order valence-corrected chi connectivity index (χ2v) is 21.6. The molecule has 10 heteroatoms. The van der Waals surface area contributed by atoms with Crippen molar-refractivity contribution in [3.8, 4) is 0 Å². The van der Waals surface area contributed by atoms with E-state index in [1.807, 2.05) is 0 Å². The van der Waals surface area contributed by atoms with Gasteiger partial charge in [-0.3, -0.25) is 18.6 Å². The van der Waals surface area contributed by atoms with Crippen LogP contribution in [0.25, 0.3) is 0 Å². The normalized spacial score (nSPS) is 13.6. The molecule has 0 saturated carbocycles. The zero-order chi connectivity index (χ0) is 53.8. The van der Waals surface area contributed by atoms with Gasteiger partial charge in [0.1, 0.15) is 6.61 Å². The Balaban J connectivity index is 3.84. The lowest BCUT2D eigenvalue weighted by Crippen LogP contribution is -2.29. The summed E-state index contributed by atoms with van der Waals surface area (Å²) >= 11 is 0. The van der Waals surface area contributed by atoms with E-state index >= 15 is 0 Å². The standard InChI is InChI=1S/C64H114NO8P/c1-3-5-7-9-11-13-15-17-19-21-22-23-24-25-26-27-28-29-30-31-32-33-34-35-36-37-38-39-40-41-43-45-47-49-51-53-55-57-64(67)73-62(61-72-74(68,69)71-59-58-65)60-70-63(66)56-54-52-50-48-46-44-42-20-18-16-14-12-10-8-6-4-2/h5,7,11,13-14,16-17,19-20,22-23,25-26,42,62H,3-4,6,8-10,12,15,18,21,24,27-41,43-61,65H2,1-2H3,(H,68,69)/b7-5-,13-11-,16-14-,19-17-,23-22-,26-25-,42-20-. The van der Waals surface area contributed by atoms with Crippen molar-refractivity contribution >= 4 is 19.8 Å². The predicted molar refractivity (Wildman–Crippen MR) is 316 cm³/mol. The number of nitrogens with two attached hydrogens (primary N) is 1. The molecule has 0 rings (SSSR count). The van der Waals surface area contributed by atoms with Gasteiger partial charge in [0.25, 0.3) is 0 Å². The first-order chi connectivity index (χ1) is 36.3. The first-order valence-electron chi connectivity index (χ1n) is 30.6. The second kappa shape index (κ2) is 59.4. The fourth-order valence-corrected chi connectivity index (χ4v) is 9.28. The highest BCUT2D eigenvalue weighted by atomic mass is 31.2. The average Bonchev–Trinajstić information content (AvgIpc) is 3.39. The second-order valence-electron chi connectivity index (χ2n) is 20.2. The Morgan fingerprint density at radius 2 is 0.743 bits per heavy atom. The molecule has 2 atom stereocenters. The summed E-state index contributed by atoms with van der Waals surface area (Å²) in [5.41, 5.74) is 5.38. The number of ether oxygens (including phenoxy) is 2. The number of rotatable bonds is 57. The van der Waals surface area contributed by atoms with Crippen LogP contribution >= 0.6 is 7.82 Å². The number of allylic oxidation sites excluding steroid dienone is 14. The molecule has 0 bridgehead atoms. The number of carbonyl (C=O) groups excluding carboxylic acids is 2. The number of hydrogen-bond donors (Lipinski definition) is 2. The van der Waals surface area contributed by atoms with Gasteiger partial charge >= 0.3 is 19.8 Å². The minimum atomic E-state index is -4.39. The van der Waals surface area contributed by atoms with E-state index in [0.29, 0.717) is 12.8 Å². The van der Waals surface area contributed by atoms with Crippen molar-refractivity contribution in [2.45, 2.75) is 283 Å². The number of esters is 2. The molecule has 0 aliphatic rings. The molecule has 0 aromatic rings. The number of carbonyl (C=O) groups is 2. The van der Waals surface area contributed by atoms with Gasteiger partial charge in [0, 0.05) is 19.4 Å². The molecule has 0 aliphatic heterocycles. The van der Waals surface area contributed by atoms with Crippen LogP contribution in [0.4, 0.5) is 0 Å². The molecule has 2 unspecified atom stereocenters. The maximum Gasteiger partial charge on any atom is 0.472 e. The molecule has 0 heterocycles. The zero-order valence-corrected chi connectivity index (χ0v) is 48.7. The number of phosphoric acid groups is 1. The van der Waals surface area contributed by atoms with Crippen LogP contribution in [0.3, 0.4) is 0 Å². The van der Waals surface area contributed by atoms with Gasteiger partial charge in [0.15, 0.2) is 6.10 Å². The minimum absolute atomic E-state index is 0.0502. The van der Waals surface area contributed by atoms with Crippen LogP contribution in [0.15, 0.2) is 85.1 Å². The van der Waals surface area contributed by atoms with Gasteiger partial charge in [0.2, 0.25) is 0 Å². The maximum absolute atomic E-state index is 12.7. The van der Waals surface area contributed by atoms with Crippen molar-refractivity contribution in [2.24, 2.45) is 5.73 Å². The highest BCUT2D eigenvalue weighted by Crippen LogP contribution is 2.43. The summed E-state index contributed by atoms with van der Waals surface area (Å²) in [6, 6.07) is 0. The summed E-state index contributed by atoms with van der Waals surface area (Å²) in [5.74, 6) is -0.837. The minimum Gasteiger partial charge on any atom is -0.462 e. The quantitative estimate of drug-likeness (QED) is 0.0264.